The number of benzene rings is 1. The van der Waals surface area contributed by atoms with E-state index in [2.05, 4.69) is 29.9 Å². The van der Waals surface area contributed by atoms with Crippen molar-refractivity contribution in [1.29, 1.82) is 0 Å². The van der Waals surface area contributed by atoms with Crippen molar-refractivity contribution in [3.63, 3.8) is 0 Å². The highest BCUT2D eigenvalue weighted by Gasteiger charge is 2.24. The first kappa shape index (κ1) is 19.0. The minimum Gasteiger partial charge on any atom is -0.311 e. The van der Waals surface area contributed by atoms with Gasteiger partial charge in [0.2, 0.25) is 5.91 Å². The molecule has 0 spiro atoms. The van der Waals surface area contributed by atoms with Gasteiger partial charge in [0.1, 0.15) is 0 Å². The molecule has 0 radical (unpaired) electrons. The molecule has 0 aliphatic carbocycles. The maximum absolute atomic E-state index is 12.9. The molecule has 5 nitrogen and oxygen atoms in total. The number of aryl methyl sites for hydroxylation is 1. The van der Waals surface area contributed by atoms with Gasteiger partial charge in [-0.3, -0.25) is 9.59 Å². The molecular weight excluding hydrogens is 366 g/mol. The molecule has 1 aliphatic heterocycles. The number of H-pyrrole nitrogens is 1. The molecule has 1 aromatic carbocycles. The second kappa shape index (κ2) is 8.77. The molecule has 0 saturated heterocycles. The highest BCUT2D eigenvalue weighted by molar-refractivity contribution is 8.00. The van der Waals surface area contributed by atoms with Crippen LogP contribution in [0.2, 0.25) is 0 Å². The monoisotopic (exact) mass is 389 g/mol. The first-order valence-electron chi connectivity index (χ1n) is 8.86. The minimum atomic E-state index is -0.163. The number of rotatable bonds is 5. The Morgan fingerprint density at radius 2 is 2.23 bits per heavy atom. The zero-order chi connectivity index (χ0) is 18.5. The summed E-state index contributed by atoms with van der Waals surface area (Å²) in [6, 6.07) is 9.58. The predicted molar refractivity (Wildman–Crippen MR) is 108 cm³/mol. The first-order chi connectivity index (χ1) is 12.6. The van der Waals surface area contributed by atoms with Crippen LogP contribution < -0.4 is 10.5 Å². The average molecular weight is 390 g/mol. The van der Waals surface area contributed by atoms with E-state index in [4.69, 9.17) is 0 Å². The number of hydrogen-bond acceptors (Lipinski definition) is 5. The first-order valence-corrected chi connectivity index (χ1v) is 10.7. The SMILES string of the molecule is CCCc1cc(=O)[nH]c(SCC(=O)N2CCC(C)Sc3ccccc32)n1. The van der Waals surface area contributed by atoms with E-state index in [-0.39, 0.29) is 17.2 Å². The van der Waals surface area contributed by atoms with Gasteiger partial charge in [-0.05, 0) is 25.0 Å². The number of carbonyl (C=O) groups excluding carboxylic acids is 1. The molecule has 138 valence electrons. The normalized spacial score (nSPS) is 16.8. The summed E-state index contributed by atoms with van der Waals surface area (Å²) in [7, 11) is 0. The van der Waals surface area contributed by atoms with Gasteiger partial charge in [0.15, 0.2) is 5.16 Å². The highest BCUT2D eigenvalue weighted by atomic mass is 32.2. The van der Waals surface area contributed by atoms with Crippen LogP contribution in [-0.2, 0) is 11.2 Å². The van der Waals surface area contributed by atoms with Gasteiger partial charge in [0.05, 0.1) is 11.4 Å². The molecule has 0 saturated carbocycles. The van der Waals surface area contributed by atoms with Gasteiger partial charge in [-0.1, -0.05) is 44.2 Å². The van der Waals surface area contributed by atoms with E-state index in [0.717, 1.165) is 35.5 Å². The second-order valence-corrected chi connectivity index (χ2v) is 8.76. The van der Waals surface area contributed by atoms with Gasteiger partial charge in [0.25, 0.3) is 5.56 Å². The van der Waals surface area contributed by atoms with Crippen LogP contribution in [0.3, 0.4) is 0 Å². The highest BCUT2D eigenvalue weighted by Crippen LogP contribution is 2.37. The molecule has 3 rings (SSSR count). The summed E-state index contributed by atoms with van der Waals surface area (Å²) in [4.78, 5) is 34.8. The number of para-hydroxylation sites is 1. The molecule has 1 N–H and O–H groups in total. The van der Waals surface area contributed by atoms with Gasteiger partial charge in [0, 0.05) is 28.5 Å². The standard InChI is InChI=1S/C19H23N3O2S2/c1-3-6-14-11-17(23)21-19(20-14)25-12-18(24)22-10-9-13(2)26-16-8-5-4-7-15(16)22/h4-5,7-8,11,13H,3,6,9-10,12H2,1-2H3,(H,20,21,23). The van der Waals surface area contributed by atoms with Crippen molar-refractivity contribution in [3.8, 4) is 0 Å². The molecular formula is C19H23N3O2S2. The van der Waals surface area contributed by atoms with Gasteiger partial charge in [-0.2, -0.15) is 0 Å². The third kappa shape index (κ3) is 4.71. The summed E-state index contributed by atoms with van der Waals surface area (Å²) < 4.78 is 0. The fourth-order valence-electron chi connectivity index (χ4n) is 2.89. The van der Waals surface area contributed by atoms with Crippen molar-refractivity contribution in [2.75, 3.05) is 17.2 Å². The third-order valence-electron chi connectivity index (χ3n) is 4.16. The van der Waals surface area contributed by atoms with Crippen molar-refractivity contribution in [2.45, 2.75) is 48.4 Å². The fraction of sp³-hybridized carbons (Fsp3) is 0.421. The number of nitrogens with zero attached hydrogens (tertiary/aromatic N) is 2. The van der Waals surface area contributed by atoms with Gasteiger partial charge < -0.3 is 9.88 Å². The lowest BCUT2D eigenvalue weighted by molar-refractivity contribution is -0.116. The molecule has 1 aliphatic rings. The minimum absolute atomic E-state index is 0.0423. The number of aromatic amines is 1. The van der Waals surface area contributed by atoms with E-state index in [1.54, 1.807) is 0 Å². The zero-order valence-corrected chi connectivity index (χ0v) is 16.7. The van der Waals surface area contributed by atoms with E-state index >= 15 is 0 Å². The third-order valence-corrected chi connectivity index (χ3v) is 6.25. The van der Waals surface area contributed by atoms with Crippen LogP contribution in [0.15, 0.2) is 45.2 Å². The largest absolute Gasteiger partial charge is 0.311 e. The maximum Gasteiger partial charge on any atom is 0.251 e. The number of thioether (sulfide) groups is 2. The molecule has 1 atom stereocenters. The lowest BCUT2D eigenvalue weighted by Gasteiger charge is -2.22. The summed E-state index contributed by atoms with van der Waals surface area (Å²) in [6.07, 6.45) is 2.65. The summed E-state index contributed by atoms with van der Waals surface area (Å²) >= 11 is 3.11. The number of hydrogen-bond donors (Lipinski definition) is 1. The maximum atomic E-state index is 12.9. The Labute approximate surface area is 162 Å². The molecule has 1 aromatic heterocycles. The Morgan fingerprint density at radius 3 is 3.04 bits per heavy atom. The van der Waals surface area contributed by atoms with Crippen LogP contribution in [0.25, 0.3) is 0 Å². The number of carbonyl (C=O) groups is 1. The summed E-state index contributed by atoms with van der Waals surface area (Å²) in [5, 5.41) is 0.991. The van der Waals surface area contributed by atoms with Crippen LogP contribution in [-0.4, -0.2) is 33.4 Å². The van der Waals surface area contributed by atoms with Gasteiger partial charge >= 0.3 is 0 Å². The molecule has 1 amide bonds. The topological polar surface area (TPSA) is 66.1 Å². The summed E-state index contributed by atoms with van der Waals surface area (Å²) in [5.74, 6) is 0.298. The number of aromatic nitrogens is 2. The zero-order valence-electron chi connectivity index (χ0n) is 15.0. The fourth-order valence-corrected chi connectivity index (χ4v) is 4.77. The Bertz CT molecular complexity index is 838. The van der Waals surface area contributed by atoms with Crippen LogP contribution >= 0.6 is 23.5 Å². The predicted octanol–water partition coefficient (Wildman–Crippen LogP) is 3.73. The quantitative estimate of drug-likeness (QED) is 0.623. The van der Waals surface area contributed by atoms with Crippen molar-refractivity contribution in [2.24, 2.45) is 0 Å². The van der Waals surface area contributed by atoms with Crippen LogP contribution in [0.5, 0.6) is 0 Å². The number of amides is 1. The Morgan fingerprint density at radius 1 is 1.42 bits per heavy atom. The van der Waals surface area contributed by atoms with Crippen LogP contribution in [0, 0.1) is 0 Å². The van der Waals surface area contributed by atoms with E-state index < -0.39 is 0 Å². The molecule has 7 heteroatoms. The molecule has 0 fully saturated rings. The van der Waals surface area contributed by atoms with Crippen molar-refractivity contribution >= 4 is 35.1 Å². The number of anilines is 1. The van der Waals surface area contributed by atoms with Crippen molar-refractivity contribution in [3.05, 3.63) is 46.4 Å². The molecule has 0 bridgehead atoms. The Balaban J connectivity index is 1.73. The number of fused-ring (bicyclic) bond motifs is 1. The van der Waals surface area contributed by atoms with E-state index in [9.17, 15) is 9.59 Å². The van der Waals surface area contributed by atoms with E-state index in [1.807, 2.05) is 34.9 Å². The van der Waals surface area contributed by atoms with Crippen molar-refractivity contribution in [1.82, 2.24) is 9.97 Å². The summed E-state index contributed by atoms with van der Waals surface area (Å²) in [6.45, 7) is 4.96. The van der Waals surface area contributed by atoms with Gasteiger partial charge in [-0.25, -0.2) is 4.98 Å². The van der Waals surface area contributed by atoms with Crippen molar-refractivity contribution < 1.29 is 4.79 Å². The summed E-state index contributed by atoms with van der Waals surface area (Å²) in [5.41, 5.74) is 1.59. The lowest BCUT2D eigenvalue weighted by atomic mass is 10.2. The van der Waals surface area contributed by atoms with Crippen LogP contribution in [0.4, 0.5) is 5.69 Å². The van der Waals surface area contributed by atoms with Gasteiger partial charge in [-0.15, -0.1) is 11.8 Å². The Kier molecular flexibility index (Phi) is 6.43. The van der Waals surface area contributed by atoms with Crippen LogP contribution in [0.1, 0.15) is 32.4 Å². The Hall–Kier alpha value is -1.73. The van der Waals surface area contributed by atoms with E-state index in [1.165, 1.54) is 17.8 Å². The molecule has 2 heterocycles. The number of nitrogens with one attached hydrogen (secondary N) is 1. The average Bonchev–Trinajstić information content (AvgIpc) is 2.78. The smallest absolute Gasteiger partial charge is 0.251 e. The lowest BCUT2D eigenvalue weighted by Crippen LogP contribution is -2.33. The second-order valence-electron chi connectivity index (χ2n) is 6.31. The van der Waals surface area contributed by atoms with E-state index in [0.29, 0.717) is 17.0 Å². The molecule has 1 unspecified atom stereocenters. The molecule has 26 heavy (non-hydrogen) atoms. The molecule has 2 aromatic rings.